The highest BCUT2D eigenvalue weighted by Crippen LogP contribution is 2.21. The van der Waals surface area contributed by atoms with E-state index >= 15 is 0 Å². The first kappa shape index (κ1) is 16.0. The molecule has 0 saturated carbocycles. The van der Waals surface area contributed by atoms with Crippen molar-refractivity contribution in [3.8, 4) is 5.75 Å². The largest absolute Gasteiger partial charge is 0.496 e. The number of methoxy groups -OCH3 is 1. The molecular weight excluding hydrogens is 305 g/mol. The molecule has 2 aromatic carbocycles. The van der Waals surface area contributed by atoms with E-state index in [0.717, 1.165) is 11.8 Å². The molecule has 0 fully saturated rings. The zero-order chi connectivity index (χ0) is 15.9. The number of carbonyl (C=O) groups excluding carboxylic acids is 2. The topological polar surface area (TPSA) is 55.4 Å². The molecule has 22 heavy (non-hydrogen) atoms. The molecule has 2 amide bonds. The molecule has 0 heterocycles. The van der Waals surface area contributed by atoms with Crippen molar-refractivity contribution < 1.29 is 18.7 Å². The highest BCUT2D eigenvalue weighted by atomic mass is 32.2. The number of carbonyl (C=O) groups is 2. The molecule has 1 N–H and O–H groups in total. The summed E-state index contributed by atoms with van der Waals surface area (Å²) >= 11 is 1.03. The summed E-state index contributed by atoms with van der Waals surface area (Å²) in [5.74, 6) is -1.10. The third-order valence-corrected chi connectivity index (χ3v) is 3.85. The normalized spacial score (nSPS) is 10.1. The van der Waals surface area contributed by atoms with Crippen molar-refractivity contribution in [2.24, 2.45) is 0 Å². The first-order valence-corrected chi connectivity index (χ1v) is 7.45. The van der Waals surface area contributed by atoms with Gasteiger partial charge in [-0.2, -0.15) is 0 Å². The number of rotatable bonds is 5. The van der Waals surface area contributed by atoms with Crippen LogP contribution in [-0.4, -0.2) is 24.7 Å². The van der Waals surface area contributed by atoms with Crippen LogP contribution < -0.4 is 10.1 Å². The van der Waals surface area contributed by atoms with Crippen molar-refractivity contribution in [2.75, 3.05) is 12.9 Å². The molecule has 0 aliphatic heterocycles. The van der Waals surface area contributed by atoms with E-state index < -0.39 is 17.6 Å². The van der Waals surface area contributed by atoms with Gasteiger partial charge in [-0.15, -0.1) is 11.8 Å². The molecule has 0 aromatic heterocycles. The van der Waals surface area contributed by atoms with E-state index in [-0.39, 0.29) is 11.3 Å². The van der Waals surface area contributed by atoms with Gasteiger partial charge in [0.05, 0.1) is 18.4 Å². The van der Waals surface area contributed by atoms with Gasteiger partial charge in [-0.1, -0.05) is 24.3 Å². The minimum atomic E-state index is -0.545. The maximum absolute atomic E-state index is 13.4. The van der Waals surface area contributed by atoms with Crippen LogP contribution in [0.2, 0.25) is 0 Å². The second-order valence-corrected chi connectivity index (χ2v) is 5.31. The quantitative estimate of drug-likeness (QED) is 0.861. The molecule has 0 aliphatic carbocycles. The van der Waals surface area contributed by atoms with Crippen LogP contribution in [0, 0.1) is 5.82 Å². The van der Waals surface area contributed by atoms with Crippen LogP contribution in [0.15, 0.2) is 53.4 Å². The molecule has 0 spiro atoms. The van der Waals surface area contributed by atoms with Crippen LogP contribution in [0.4, 0.5) is 4.39 Å². The maximum Gasteiger partial charge on any atom is 0.261 e. The molecule has 6 heteroatoms. The summed E-state index contributed by atoms with van der Waals surface area (Å²) in [5.41, 5.74) is 0.272. The van der Waals surface area contributed by atoms with E-state index in [1.807, 2.05) is 0 Å². The first-order chi connectivity index (χ1) is 10.6. The van der Waals surface area contributed by atoms with Crippen molar-refractivity contribution in [3.05, 3.63) is 59.9 Å². The third kappa shape index (κ3) is 4.08. The summed E-state index contributed by atoms with van der Waals surface area (Å²) in [5, 5.41) is 2.26. The molecule has 0 radical (unpaired) electrons. The number of thioether (sulfide) groups is 1. The summed E-state index contributed by atoms with van der Waals surface area (Å²) in [4.78, 5) is 24.2. The number of imide groups is 1. The van der Waals surface area contributed by atoms with E-state index in [2.05, 4.69) is 5.32 Å². The standard InChI is InChI=1S/C16H14FNO3S/c1-21-13-8-4-2-6-11(13)16(20)18-15(19)10-22-14-9-5-3-7-12(14)17/h2-9H,10H2,1H3,(H,18,19,20). The SMILES string of the molecule is COc1ccccc1C(=O)NC(=O)CSc1ccccc1F. The minimum Gasteiger partial charge on any atom is -0.496 e. The van der Waals surface area contributed by atoms with Gasteiger partial charge in [-0.25, -0.2) is 4.39 Å². The number of para-hydroxylation sites is 1. The Morgan fingerprint density at radius 1 is 1.14 bits per heavy atom. The first-order valence-electron chi connectivity index (χ1n) is 6.46. The number of hydrogen-bond donors (Lipinski definition) is 1. The number of halogens is 1. The van der Waals surface area contributed by atoms with Crippen LogP contribution in [-0.2, 0) is 4.79 Å². The van der Waals surface area contributed by atoms with Crippen molar-refractivity contribution in [1.29, 1.82) is 0 Å². The Morgan fingerprint density at radius 2 is 1.82 bits per heavy atom. The van der Waals surface area contributed by atoms with Crippen molar-refractivity contribution in [3.63, 3.8) is 0 Å². The molecule has 2 rings (SSSR count). The predicted octanol–water partition coefficient (Wildman–Crippen LogP) is 2.88. The second kappa shape index (κ2) is 7.61. The maximum atomic E-state index is 13.4. The van der Waals surface area contributed by atoms with Gasteiger partial charge in [-0.05, 0) is 24.3 Å². The molecular formula is C16H14FNO3S. The molecule has 2 aromatic rings. The highest BCUT2D eigenvalue weighted by Gasteiger charge is 2.15. The fourth-order valence-corrected chi connectivity index (χ4v) is 2.51. The minimum absolute atomic E-state index is 0.0537. The molecule has 0 saturated heterocycles. The zero-order valence-electron chi connectivity index (χ0n) is 11.8. The monoisotopic (exact) mass is 319 g/mol. The molecule has 4 nitrogen and oxygen atoms in total. The summed E-state index contributed by atoms with van der Waals surface area (Å²) < 4.78 is 18.5. The van der Waals surface area contributed by atoms with Crippen LogP contribution in [0.25, 0.3) is 0 Å². The van der Waals surface area contributed by atoms with E-state index in [1.54, 1.807) is 42.5 Å². The van der Waals surface area contributed by atoms with Gasteiger partial charge in [0.1, 0.15) is 11.6 Å². The molecule has 0 aliphatic rings. The van der Waals surface area contributed by atoms with E-state index in [4.69, 9.17) is 4.74 Å². The number of nitrogens with one attached hydrogen (secondary N) is 1. The Bertz CT molecular complexity index is 691. The average molecular weight is 319 g/mol. The number of ether oxygens (including phenoxy) is 1. The van der Waals surface area contributed by atoms with Crippen molar-refractivity contribution >= 4 is 23.6 Å². The highest BCUT2D eigenvalue weighted by molar-refractivity contribution is 8.00. The van der Waals surface area contributed by atoms with E-state index in [9.17, 15) is 14.0 Å². The second-order valence-electron chi connectivity index (χ2n) is 4.30. The summed E-state index contributed by atoms with van der Waals surface area (Å²) in [6.07, 6.45) is 0. The lowest BCUT2D eigenvalue weighted by Crippen LogP contribution is -2.32. The molecule has 114 valence electrons. The van der Waals surface area contributed by atoms with Gasteiger partial charge < -0.3 is 4.74 Å². The third-order valence-electron chi connectivity index (χ3n) is 2.80. The molecule has 0 unspecified atom stereocenters. The Morgan fingerprint density at radius 3 is 2.55 bits per heavy atom. The van der Waals surface area contributed by atoms with E-state index in [1.165, 1.54) is 13.2 Å². The fourth-order valence-electron chi connectivity index (χ4n) is 1.77. The van der Waals surface area contributed by atoms with Gasteiger partial charge in [-0.3, -0.25) is 14.9 Å². The lowest BCUT2D eigenvalue weighted by Gasteiger charge is -2.08. The van der Waals surface area contributed by atoms with Crippen LogP contribution in [0.3, 0.4) is 0 Å². The Hall–Kier alpha value is -2.34. The number of amides is 2. The Kier molecular flexibility index (Phi) is 5.55. The van der Waals surface area contributed by atoms with Gasteiger partial charge in [0, 0.05) is 4.90 Å². The van der Waals surface area contributed by atoms with Crippen LogP contribution in [0.1, 0.15) is 10.4 Å². The fraction of sp³-hybridized carbons (Fsp3) is 0.125. The predicted molar refractivity (Wildman–Crippen MR) is 82.6 cm³/mol. The lowest BCUT2D eigenvalue weighted by molar-refractivity contribution is -0.117. The number of benzene rings is 2. The Labute approximate surface area is 131 Å². The van der Waals surface area contributed by atoms with E-state index in [0.29, 0.717) is 10.6 Å². The average Bonchev–Trinajstić information content (AvgIpc) is 2.54. The van der Waals surface area contributed by atoms with Crippen LogP contribution >= 0.6 is 11.8 Å². The van der Waals surface area contributed by atoms with Gasteiger partial charge in [0.25, 0.3) is 5.91 Å². The molecule has 0 bridgehead atoms. The van der Waals surface area contributed by atoms with Gasteiger partial charge in [0.15, 0.2) is 0 Å². The number of hydrogen-bond acceptors (Lipinski definition) is 4. The summed E-state index contributed by atoms with van der Waals surface area (Å²) in [6, 6.07) is 12.8. The van der Waals surface area contributed by atoms with Gasteiger partial charge in [0.2, 0.25) is 5.91 Å². The van der Waals surface area contributed by atoms with Crippen molar-refractivity contribution in [2.45, 2.75) is 4.90 Å². The summed E-state index contributed by atoms with van der Waals surface area (Å²) in [7, 11) is 1.45. The van der Waals surface area contributed by atoms with Gasteiger partial charge >= 0.3 is 0 Å². The summed E-state index contributed by atoms with van der Waals surface area (Å²) in [6.45, 7) is 0. The zero-order valence-corrected chi connectivity index (χ0v) is 12.7. The lowest BCUT2D eigenvalue weighted by atomic mass is 10.2. The molecule has 0 atom stereocenters. The van der Waals surface area contributed by atoms with Crippen molar-refractivity contribution in [1.82, 2.24) is 5.32 Å². The Balaban J connectivity index is 1.94. The van der Waals surface area contributed by atoms with Crippen LogP contribution in [0.5, 0.6) is 5.75 Å². The smallest absolute Gasteiger partial charge is 0.261 e.